The van der Waals surface area contributed by atoms with Gasteiger partial charge in [0.15, 0.2) is 11.3 Å². The van der Waals surface area contributed by atoms with E-state index in [-0.39, 0.29) is 22.6 Å². The first-order chi connectivity index (χ1) is 12.2. The fourth-order valence-electron chi connectivity index (χ4n) is 3.27. The Bertz CT molecular complexity index is 951. The molecular weight excluding hydrogens is 336 g/mol. The van der Waals surface area contributed by atoms with Gasteiger partial charge in [0, 0.05) is 17.2 Å². The summed E-state index contributed by atoms with van der Waals surface area (Å²) in [5.74, 6) is -0.951. The molecule has 0 saturated carbocycles. The van der Waals surface area contributed by atoms with E-state index in [9.17, 15) is 19.7 Å². The summed E-state index contributed by atoms with van der Waals surface area (Å²) < 4.78 is 5.37. The van der Waals surface area contributed by atoms with E-state index in [1.54, 1.807) is 18.2 Å². The van der Waals surface area contributed by atoms with Gasteiger partial charge in [-0.2, -0.15) is 0 Å². The van der Waals surface area contributed by atoms with Crippen molar-refractivity contribution in [2.45, 2.75) is 25.3 Å². The lowest BCUT2D eigenvalue weighted by Gasteiger charge is -2.24. The Morgan fingerprint density at radius 2 is 1.85 bits per heavy atom. The maximum atomic E-state index is 13.0. The van der Waals surface area contributed by atoms with Crippen molar-refractivity contribution in [3.05, 3.63) is 68.8 Å². The molecule has 0 saturated heterocycles. The SMILES string of the molecule is COc1cc(C(C)C)ccc1C1(N)C(=O)c2cccc([N+](=O)[O-])c2C1=O. The molecule has 0 amide bonds. The minimum atomic E-state index is -2.05. The Balaban J connectivity index is 2.24. The molecule has 1 atom stereocenters. The quantitative estimate of drug-likeness (QED) is 0.513. The van der Waals surface area contributed by atoms with E-state index in [2.05, 4.69) is 0 Å². The summed E-state index contributed by atoms with van der Waals surface area (Å²) in [6.07, 6.45) is 0. The van der Waals surface area contributed by atoms with Crippen molar-refractivity contribution in [1.29, 1.82) is 0 Å². The van der Waals surface area contributed by atoms with Crippen LogP contribution < -0.4 is 10.5 Å². The second-order valence-electron chi connectivity index (χ2n) is 6.54. The second-order valence-corrected chi connectivity index (χ2v) is 6.54. The van der Waals surface area contributed by atoms with Crippen LogP contribution in [0.3, 0.4) is 0 Å². The maximum absolute atomic E-state index is 13.0. The molecule has 0 spiro atoms. The Morgan fingerprint density at radius 1 is 1.15 bits per heavy atom. The lowest BCUT2D eigenvalue weighted by atomic mass is 9.84. The number of methoxy groups -OCH3 is 1. The van der Waals surface area contributed by atoms with Gasteiger partial charge in [-0.1, -0.05) is 38.1 Å². The Morgan fingerprint density at radius 3 is 2.42 bits per heavy atom. The normalized spacial score (nSPS) is 19.0. The fraction of sp³-hybridized carbons (Fsp3) is 0.263. The van der Waals surface area contributed by atoms with Crippen LogP contribution in [-0.4, -0.2) is 23.6 Å². The first kappa shape index (κ1) is 17.8. The third-order valence-electron chi connectivity index (χ3n) is 4.74. The second kappa shape index (κ2) is 6.03. The van der Waals surface area contributed by atoms with Crippen LogP contribution in [0.4, 0.5) is 5.69 Å². The van der Waals surface area contributed by atoms with Crippen molar-refractivity contribution < 1.29 is 19.2 Å². The summed E-state index contributed by atoms with van der Waals surface area (Å²) in [6.45, 7) is 4.00. The number of benzene rings is 2. The molecule has 0 fully saturated rings. The van der Waals surface area contributed by atoms with Crippen LogP contribution in [0.25, 0.3) is 0 Å². The molecule has 2 aromatic carbocycles. The van der Waals surface area contributed by atoms with Crippen LogP contribution >= 0.6 is 0 Å². The summed E-state index contributed by atoms with van der Waals surface area (Å²) in [5, 5.41) is 11.3. The van der Waals surface area contributed by atoms with E-state index in [1.807, 2.05) is 13.8 Å². The lowest BCUT2D eigenvalue weighted by molar-refractivity contribution is -0.385. The summed E-state index contributed by atoms with van der Waals surface area (Å²) in [6, 6.07) is 9.03. The minimum Gasteiger partial charge on any atom is -0.496 e. The molecule has 0 aliphatic heterocycles. The zero-order valence-corrected chi connectivity index (χ0v) is 14.6. The third-order valence-corrected chi connectivity index (χ3v) is 4.74. The number of fused-ring (bicyclic) bond motifs is 1. The molecule has 0 radical (unpaired) electrons. The predicted molar refractivity (Wildman–Crippen MR) is 94.7 cm³/mol. The van der Waals surface area contributed by atoms with Crippen molar-refractivity contribution in [3.8, 4) is 5.75 Å². The van der Waals surface area contributed by atoms with E-state index in [0.29, 0.717) is 5.75 Å². The van der Waals surface area contributed by atoms with Gasteiger partial charge < -0.3 is 10.5 Å². The summed E-state index contributed by atoms with van der Waals surface area (Å²) in [7, 11) is 1.42. The maximum Gasteiger partial charge on any atom is 0.281 e. The smallest absolute Gasteiger partial charge is 0.281 e. The highest BCUT2D eigenvalue weighted by Crippen LogP contribution is 2.43. The van der Waals surface area contributed by atoms with Gasteiger partial charge in [0.05, 0.1) is 12.0 Å². The van der Waals surface area contributed by atoms with Gasteiger partial charge in [0.2, 0.25) is 5.78 Å². The molecule has 7 nitrogen and oxygen atoms in total. The van der Waals surface area contributed by atoms with Gasteiger partial charge in [-0.15, -0.1) is 0 Å². The molecule has 0 heterocycles. The van der Waals surface area contributed by atoms with Gasteiger partial charge >= 0.3 is 0 Å². The zero-order valence-electron chi connectivity index (χ0n) is 14.6. The third kappa shape index (κ3) is 2.32. The first-order valence-corrected chi connectivity index (χ1v) is 8.07. The molecular formula is C19H18N2O5. The van der Waals surface area contributed by atoms with E-state index >= 15 is 0 Å². The standard InChI is InChI=1S/C19H18N2O5/c1-10(2)11-7-8-13(15(9-11)26-3)19(20)17(22)12-5-4-6-14(21(24)25)16(12)18(19)23/h4-10H,20H2,1-3H3. The van der Waals surface area contributed by atoms with Crippen LogP contribution in [0.15, 0.2) is 36.4 Å². The number of nitro groups is 1. The predicted octanol–water partition coefficient (Wildman–Crippen LogP) is 2.96. The van der Waals surface area contributed by atoms with Crippen LogP contribution in [0.1, 0.15) is 51.6 Å². The molecule has 2 N–H and O–H groups in total. The summed E-state index contributed by atoms with van der Waals surface area (Å²) in [4.78, 5) is 36.6. The monoisotopic (exact) mass is 354 g/mol. The number of Topliss-reactive ketones (excluding diaryl/α,β-unsaturated/α-hetero) is 2. The lowest BCUT2D eigenvalue weighted by Crippen LogP contribution is -2.47. The molecule has 3 rings (SSSR count). The van der Waals surface area contributed by atoms with Crippen molar-refractivity contribution in [3.63, 3.8) is 0 Å². The number of carbonyl (C=O) groups excluding carboxylic acids is 2. The Hall–Kier alpha value is -3.06. The van der Waals surface area contributed by atoms with Crippen LogP contribution in [0.2, 0.25) is 0 Å². The van der Waals surface area contributed by atoms with E-state index in [0.717, 1.165) is 5.56 Å². The van der Waals surface area contributed by atoms with Gasteiger partial charge in [0.1, 0.15) is 11.3 Å². The number of nitrogens with two attached hydrogens (primary N) is 1. The van der Waals surface area contributed by atoms with Gasteiger partial charge in [-0.05, 0) is 17.5 Å². The molecule has 1 aliphatic rings. The molecule has 0 bridgehead atoms. The van der Waals surface area contributed by atoms with Crippen molar-refractivity contribution in [1.82, 2.24) is 0 Å². The van der Waals surface area contributed by atoms with E-state index in [4.69, 9.17) is 10.5 Å². The van der Waals surface area contributed by atoms with E-state index < -0.39 is 27.7 Å². The Kier molecular flexibility index (Phi) is 4.12. The highest BCUT2D eigenvalue weighted by atomic mass is 16.6. The van der Waals surface area contributed by atoms with Crippen molar-refractivity contribution in [2.24, 2.45) is 5.73 Å². The Labute approximate surface area is 149 Å². The van der Waals surface area contributed by atoms with Crippen molar-refractivity contribution in [2.75, 3.05) is 7.11 Å². The number of carbonyl (C=O) groups is 2. The van der Waals surface area contributed by atoms with Crippen LogP contribution in [0.5, 0.6) is 5.75 Å². The minimum absolute atomic E-state index is 0.0401. The molecule has 26 heavy (non-hydrogen) atoms. The molecule has 1 unspecified atom stereocenters. The number of nitrogens with zero attached hydrogens (tertiary/aromatic N) is 1. The largest absolute Gasteiger partial charge is 0.496 e. The molecule has 0 aromatic heterocycles. The number of ketones is 2. The summed E-state index contributed by atoms with van der Waals surface area (Å²) >= 11 is 0. The van der Waals surface area contributed by atoms with Crippen LogP contribution in [-0.2, 0) is 5.54 Å². The number of rotatable bonds is 4. The van der Waals surface area contributed by atoms with Gasteiger partial charge in [-0.25, -0.2) is 0 Å². The van der Waals surface area contributed by atoms with E-state index in [1.165, 1.54) is 25.3 Å². The number of hydrogen-bond donors (Lipinski definition) is 1. The highest BCUT2D eigenvalue weighted by Gasteiger charge is 2.55. The molecule has 1 aliphatic carbocycles. The average Bonchev–Trinajstić information content (AvgIpc) is 2.83. The number of ether oxygens (including phenoxy) is 1. The number of hydrogen-bond acceptors (Lipinski definition) is 6. The highest BCUT2D eigenvalue weighted by molar-refractivity contribution is 6.34. The molecule has 7 heteroatoms. The van der Waals surface area contributed by atoms with Crippen LogP contribution in [0, 0.1) is 10.1 Å². The molecule has 134 valence electrons. The fourth-order valence-corrected chi connectivity index (χ4v) is 3.27. The zero-order chi connectivity index (χ0) is 19.2. The molecule has 2 aromatic rings. The topological polar surface area (TPSA) is 113 Å². The van der Waals surface area contributed by atoms with Gasteiger partial charge in [-0.3, -0.25) is 19.7 Å². The first-order valence-electron chi connectivity index (χ1n) is 8.07. The van der Waals surface area contributed by atoms with Crippen molar-refractivity contribution >= 4 is 17.3 Å². The van der Waals surface area contributed by atoms with Gasteiger partial charge in [0.25, 0.3) is 5.69 Å². The summed E-state index contributed by atoms with van der Waals surface area (Å²) in [5.41, 5.74) is 4.68. The number of nitro benzene ring substituents is 1. The average molecular weight is 354 g/mol.